The Morgan fingerprint density at radius 2 is 2.25 bits per heavy atom. The van der Waals surface area contributed by atoms with E-state index in [0.29, 0.717) is 5.65 Å². The molecule has 0 radical (unpaired) electrons. The van der Waals surface area contributed by atoms with Crippen LogP contribution < -0.4 is 11.3 Å². The first kappa shape index (κ1) is 10.2. The molecule has 0 unspecified atom stereocenters. The molecule has 0 bridgehead atoms. The fourth-order valence-corrected chi connectivity index (χ4v) is 1.47. The van der Waals surface area contributed by atoms with E-state index in [9.17, 15) is 9.59 Å². The van der Waals surface area contributed by atoms with Crippen LogP contribution in [-0.4, -0.2) is 20.5 Å². The number of aliphatic carboxylic acids is 1. The van der Waals surface area contributed by atoms with Gasteiger partial charge >= 0.3 is 5.97 Å². The Balaban J connectivity index is 2.69. The fraction of sp³-hybridized carbons (Fsp3) is 0.100. The third-order valence-corrected chi connectivity index (χ3v) is 2.10. The predicted molar refractivity (Wildman–Crippen MR) is 57.2 cm³/mol. The number of carboxylic acids is 1. The molecule has 3 N–H and O–H groups in total. The van der Waals surface area contributed by atoms with E-state index in [1.165, 1.54) is 10.5 Å². The number of pyridine rings is 1. The minimum atomic E-state index is -1.03. The van der Waals surface area contributed by atoms with E-state index in [2.05, 4.69) is 4.98 Å². The van der Waals surface area contributed by atoms with E-state index in [0.717, 1.165) is 0 Å². The van der Waals surface area contributed by atoms with Crippen molar-refractivity contribution in [3.8, 4) is 0 Å². The second kappa shape index (κ2) is 3.65. The summed E-state index contributed by atoms with van der Waals surface area (Å²) in [5.74, 6) is -0.753. The van der Waals surface area contributed by atoms with Crippen molar-refractivity contribution in [3.05, 3.63) is 40.3 Å². The number of aromatic nitrogens is 2. The Bertz CT molecular complexity index is 618. The predicted octanol–water partition coefficient (Wildman–Crippen LogP) is -0.0962. The number of hydrogen-bond acceptors (Lipinski definition) is 4. The molecule has 0 spiro atoms. The number of nitrogens with two attached hydrogens (primary N) is 1. The minimum Gasteiger partial charge on any atom is -0.481 e. The molecule has 0 aliphatic heterocycles. The van der Waals surface area contributed by atoms with Crippen molar-refractivity contribution < 1.29 is 9.90 Å². The quantitative estimate of drug-likeness (QED) is 0.735. The van der Waals surface area contributed by atoms with Crippen LogP contribution in [0.3, 0.4) is 0 Å². The van der Waals surface area contributed by atoms with Gasteiger partial charge in [0.1, 0.15) is 11.5 Å². The topological polar surface area (TPSA) is 97.7 Å². The zero-order valence-electron chi connectivity index (χ0n) is 8.25. The van der Waals surface area contributed by atoms with Gasteiger partial charge in [-0.05, 0) is 12.1 Å². The highest BCUT2D eigenvalue weighted by Crippen LogP contribution is 2.05. The summed E-state index contributed by atoms with van der Waals surface area (Å²) in [6.45, 7) is 0. The largest absolute Gasteiger partial charge is 0.481 e. The van der Waals surface area contributed by atoms with Crippen molar-refractivity contribution >= 4 is 17.4 Å². The number of rotatable bonds is 2. The van der Waals surface area contributed by atoms with Gasteiger partial charge < -0.3 is 10.8 Å². The van der Waals surface area contributed by atoms with Crippen LogP contribution >= 0.6 is 0 Å². The number of nitrogens with zero attached hydrogens (tertiary/aromatic N) is 2. The normalized spacial score (nSPS) is 10.5. The molecule has 6 heteroatoms. The maximum atomic E-state index is 11.7. The molecular weight excluding hydrogens is 210 g/mol. The van der Waals surface area contributed by atoms with Gasteiger partial charge in [0.15, 0.2) is 0 Å². The zero-order valence-corrected chi connectivity index (χ0v) is 8.25. The molecule has 0 fully saturated rings. The van der Waals surface area contributed by atoms with Crippen LogP contribution in [0.2, 0.25) is 0 Å². The Hall–Kier alpha value is -2.37. The van der Waals surface area contributed by atoms with Crippen LogP contribution in [-0.2, 0) is 11.2 Å². The lowest BCUT2D eigenvalue weighted by Gasteiger charge is -2.04. The van der Waals surface area contributed by atoms with Crippen molar-refractivity contribution in [2.75, 3.05) is 5.73 Å². The van der Waals surface area contributed by atoms with Gasteiger partial charge in [-0.2, -0.15) is 0 Å². The molecule has 6 nitrogen and oxygen atoms in total. The van der Waals surface area contributed by atoms with E-state index in [1.807, 2.05) is 0 Å². The van der Waals surface area contributed by atoms with Gasteiger partial charge in [0, 0.05) is 6.07 Å². The van der Waals surface area contributed by atoms with Gasteiger partial charge in [0.2, 0.25) is 0 Å². The van der Waals surface area contributed by atoms with Crippen molar-refractivity contribution in [3.63, 3.8) is 0 Å². The van der Waals surface area contributed by atoms with E-state index in [4.69, 9.17) is 10.8 Å². The number of nitrogen functional groups attached to an aromatic ring is 1. The molecule has 2 heterocycles. The molecule has 0 atom stereocenters. The number of carboxylic acid groups (broad SMARTS) is 1. The van der Waals surface area contributed by atoms with Crippen LogP contribution in [0, 0.1) is 0 Å². The highest BCUT2D eigenvalue weighted by Gasteiger charge is 2.07. The molecule has 2 aromatic heterocycles. The maximum absolute atomic E-state index is 11.7. The number of hydrogen-bond donors (Lipinski definition) is 2. The maximum Gasteiger partial charge on any atom is 0.309 e. The standard InChI is InChI=1S/C10H9N3O3/c11-7-2-1-3-8-12-6(5-10(15)16)4-9(14)13(7)8/h1-4H,5,11H2,(H,15,16). The first-order valence-electron chi connectivity index (χ1n) is 4.57. The molecule has 0 saturated carbocycles. The summed E-state index contributed by atoms with van der Waals surface area (Å²) in [7, 11) is 0. The van der Waals surface area contributed by atoms with Crippen LogP contribution in [0.25, 0.3) is 5.65 Å². The lowest BCUT2D eigenvalue weighted by Crippen LogP contribution is -2.19. The van der Waals surface area contributed by atoms with Gasteiger partial charge in [-0.15, -0.1) is 0 Å². The molecule has 2 rings (SSSR count). The molecule has 16 heavy (non-hydrogen) atoms. The number of anilines is 1. The van der Waals surface area contributed by atoms with Crippen LogP contribution in [0.15, 0.2) is 29.1 Å². The minimum absolute atomic E-state index is 0.225. The first-order valence-corrected chi connectivity index (χ1v) is 4.57. The average molecular weight is 219 g/mol. The Labute approximate surface area is 90.0 Å². The Morgan fingerprint density at radius 1 is 1.50 bits per heavy atom. The first-order chi connectivity index (χ1) is 7.58. The van der Waals surface area contributed by atoms with E-state index >= 15 is 0 Å². The number of carbonyl (C=O) groups is 1. The fourth-order valence-electron chi connectivity index (χ4n) is 1.47. The molecule has 0 aliphatic rings. The molecule has 82 valence electrons. The molecule has 0 aromatic carbocycles. The van der Waals surface area contributed by atoms with Crippen molar-refractivity contribution in [1.29, 1.82) is 0 Å². The highest BCUT2D eigenvalue weighted by atomic mass is 16.4. The lowest BCUT2D eigenvalue weighted by molar-refractivity contribution is -0.136. The number of fused-ring (bicyclic) bond motifs is 1. The summed E-state index contributed by atoms with van der Waals surface area (Å²) in [6, 6.07) is 6.01. The van der Waals surface area contributed by atoms with Crippen molar-refractivity contribution in [2.45, 2.75) is 6.42 Å². The van der Waals surface area contributed by atoms with Crippen molar-refractivity contribution in [2.24, 2.45) is 0 Å². The SMILES string of the molecule is Nc1cccc2nc(CC(=O)O)cc(=O)n12. The molecule has 0 saturated heterocycles. The summed E-state index contributed by atoms with van der Waals surface area (Å²) in [5.41, 5.74) is 5.82. The monoisotopic (exact) mass is 219 g/mol. The third-order valence-electron chi connectivity index (χ3n) is 2.10. The Morgan fingerprint density at radius 3 is 2.94 bits per heavy atom. The molecular formula is C10H9N3O3. The van der Waals surface area contributed by atoms with Gasteiger partial charge in [-0.25, -0.2) is 9.38 Å². The highest BCUT2D eigenvalue weighted by molar-refractivity contribution is 5.69. The molecule has 2 aromatic rings. The summed E-state index contributed by atoms with van der Waals surface area (Å²) in [5, 5.41) is 8.61. The van der Waals surface area contributed by atoms with E-state index in [1.54, 1.807) is 18.2 Å². The van der Waals surface area contributed by atoms with Crippen LogP contribution in [0.4, 0.5) is 5.82 Å². The van der Waals surface area contributed by atoms with Crippen molar-refractivity contribution in [1.82, 2.24) is 9.38 Å². The summed E-state index contributed by atoms with van der Waals surface area (Å²) < 4.78 is 1.23. The summed E-state index contributed by atoms with van der Waals surface area (Å²) in [6.07, 6.45) is -0.277. The lowest BCUT2D eigenvalue weighted by atomic mass is 10.3. The van der Waals surface area contributed by atoms with Gasteiger partial charge in [0.05, 0.1) is 12.1 Å². The van der Waals surface area contributed by atoms with Crippen LogP contribution in [0.1, 0.15) is 5.69 Å². The second-order valence-electron chi connectivity index (χ2n) is 3.30. The summed E-state index contributed by atoms with van der Waals surface area (Å²) >= 11 is 0. The van der Waals surface area contributed by atoms with Gasteiger partial charge in [-0.1, -0.05) is 6.07 Å². The smallest absolute Gasteiger partial charge is 0.309 e. The van der Waals surface area contributed by atoms with Gasteiger partial charge in [-0.3, -0.25) is 9.59 Å². The zero-order chi connectivity index (χ0) is 11.7. The van der Waals surface area contributed by atoms with Gasteiger partial charge in [0.25, 0.3) is 5.56 Å². The van der Waals surface area contributed by atoms with E-state index in [-0.39, 0.29) is 23.5 Å². The third kappa shape index (κ3) is 1.72. The molecule has 0 aliphatic carbocycles. The van der Waals surface area contributed by atoms with E-state index < -0.39 is 5.97 Å². The summed E-state index contributed by atoms with van der Waals surface area (Å²) in [4.78, 5) is 26.2. The Kier molecular flexibility index (Phi) is 2.32. The molecule has 0 amide bonds. The second-order valence-corrected chi connectivity index (χ2v) is 3.30. The average Bonchev–Trinajstić information content (AvgIpc) is 2.15. The van der Waals surface area contributed by atoms with Crippen LogP contribution in [0.5, 0.6) is 0 Å².